The van der Waals surface area contributed by atoms with Crippen molar-refractivity contribution in [2.24, 2.45) is 10.9 Å². The molecule has 0 bridgehead atoms. The molecule has 7 heteroatoms. The standard InChI is InChI=1S/C22H36N4O2.HI/c1-2-23-22(24-14-20(27)17-28-16-18-10-11-18)25-15-21(26-12-6-7-13-26)19-8-4-3-5-9-19;/h3-5,8-9,18,20-21,27H,2,6-7,10-17H2,1H3,(H2,23,24,25);1H. The summed E-state index contributed by atoms with van der Waals surface area (Å²) in [6.45, 7) is 7.41. The van der Waals surface area contributed by atoms with Crippen LogP contribution in [0, 0.1) is 5.92 Å². The molecule has 0 amide bonds. The molecule has 1 aromatic rings. The number of rotatable bonds is 11. The van der Waals surface area contributed by atoms with Gasteiger partial charge >= 0.3 is 0 Å². The van der Waals surface area contributed by atoms with Crippen molar-refractivity contribution in [2.45, 2.75) is 44.8 Å². The van der Waals surface area contributed by atoms with E-state index < -0.39 is 6.10 Å². The Balaban J connectivity index is 0.00000300. The third-order valence-corrected chi connectivity index (χ3v) is 5.39. The first-order valence-corrected chi connectivity index (χ1v) is 10.8. The summed E-state index contributed by atoms with van der Waals surface area (Å²) in [6.07, 6.45) is 4.51. The van der Waals surface area contributed by atoms with E-state index >= 15 is 0 Å². The number of aliphatic hydroxyl groups is 1. The zero-order chi connectivity index (χ0) is 19.6. The predicted molar refractivity (Wildman–Crippen MR) is 129 cm³/mol. The molecule has 0 radical (unpaired) electrons. The molecular weight excluding hydrogens is 479 g/mol. The van der Waals surface area contributed by atoms with Crippen LogP contribution in [-0.4, -0.2) is 68.0 Å². The molecule has 164 valence electrons. The SMILES string of the molecule is CCNC(=NCC(O)COCC1CC1)NCC(c1ccccc1)N1CCCC1.I. The highest BCUT2D eigenvalue weighted by molar-refractivity contribution is 14.0. The third kappa shape index (κ3) is 8.78. The van der Waals surface area contributed by atoms with Gasteiger partial charge in [0.25, 0.3) is 0 Å². The zero-order valence-electron chi connectivity index (χ0n) is 17.6. The van der Waals surface area contributed by atoms with Crippen molar-refractivity contribution in [1.82, 2.24) is 15.5 Å². The fourth-order valence-electron chi connectivity index (χ4n) is 3.63. The summed E-state index contributed by atoms with van der Waals surface area (Å²) in [5.41, 5.74) is 1.33. The average molecular weight is 516 g/mol. The summed E-state index contributed by atoms with van der Waals surface area (Å²) in [4.78, 5) is 7.11. The molecule has 29 heavy (non-hydrogen) atoms. The maximum atomic E-state index is 10.1. The van der Waals surface area contributed by atoms with E-state index in [2.05, 4.69) is 57.8 Å². The summed E-state index contributed by atoms with van der Waals surface area (Å²) >= 11 is 0. The largest absolute Gasteiger partial charge is 0.389 e. The van der Waals surface area contributed by atoms with Gasteiger partial charge in [-0.3, -0.25) is 9.89 Å². The Hall–Kier alpha value is -0.900. The number of halogens is 1. The molecule has 0 aromatic heterocycles. The van der Waals surface area contributed by atoms with Crippen LogP contribution in [0.15, 0.2) is 35.3 Å². The van der Waals surface area contributed by atoms with Crippen LogP contribution in [0.25, 0.3) is 0 Å². The second kappa shape index (κ2) is 13.4. The Labute approximate surface area is 192 Å². The molecule has 6 nitrogen and oxygen atoms in total. The first kappa shape index (κ1) is 24.4. The van der Waals surface area contributed by atoms with Crippen molar-refractivity contribution in [3.8, 4) is 0 Å². The molecule has 1 aromatic carbocycles. The Kier molecular flexibility index (Phi) is 11.3. The maximum Gasteiger partial charge on any atom is 0.191 e. The van der Waals surface area contributed by atoms with E-state index in [0.717, 1.165) is 44.7 Å². The van der Waals surface area contributed by atoms with Gasteiger partial charge in [-0.15, -0.1) is 24.0 Å². The monoisotopic (exact) mass is 516 g/mol. The highest BCUT2D eigenvalue weighted by atomic mass is 127. The van der Waals surface area contributed by atoms with Crippen LogP contribution in [-0.2, 0) is 4.74 Å². The minimum atomic E-state index is -0.558. The highest BCUT2D eigenvalue weighted by Crippen LogP contribution is 2.28. The fourth-order valence-corrected chi connectivity index (χ4v) is 3.63. The summed E-state index contributed by atoms with van der Waals surface area (Å²) in [5.74, 6) is 1.47. The van der Waals surface area contributed by atoms with Gasteiger partial charge in [-0.05, 0) is 57.2 Å². The average Bonchev–Trinajstić information content (AvgIpc) is 3.38. The fraction of sp³-hybridized carbons (Fsp3) is 0.682. The van der Waals surface area contributed by atoms with Crippen molar-refractivity contribution in [1.29, 1.82) is 0 Å². The van der Waals surface area contributed by atoms with Crippen LogP contribution in [0.1, 0.15) is 44.2 Å². The van der Waals surface area contributed by atoms with Gasteiger partial charge in [-0.1, -0.05) is 30.3 Å². The number of aliphatic hydroxyl groups excluding tert-OH is 1. The molecule has 1 saturated heterocycles. The van der Waals surface area contributed by atoms with Gasteiger partial charge in [0.1, 0.15) is 0 Å². The molecular formula is C22H37IN4O2. The van der Waals surface area contributed by atoms with Gasteiger partial charge in [0.05, 0.1) is 25.3 Å². The molecule has 1 aliphatic heterocycles. The lowest BCUT2D eigenvalue weighted by molar-refractivity contribution is 0.0368. The zero-order valence-corrected chi connectivity index (χ0v) is 19.9. The quantitative estimate of drug-likeness (QED) is 0.240. The first-order valence-electron chi connectivity index (χ1n) is 10.8. The number of likely N-dealkylation sites (tertiary alicyclic amines) is 1. The Morgan fingerprint density at radius 2 is 1.93 bits per heavy atom. The Morgan fingerprint density at radius 1 is 1.21 bits per heavy atom. The second-order valence-corrected chi connectivity index (χ2v) is 7.90. The molecule has 3 rings (SSSR count). The van der Waals surface area contributed by atoms with Gasteiger partial charge < -0.3 is 20.5 Å². The van der Waals surface area contributed by atoms with Gasteiger partial charge in [0.2, 0.25) is 0 Å². The van der Waals surface area contributed by atoms with E-state index in [4.69, 9.17) is 4.74 Å². The molecule has 3 N–H and O–H groups in total. The molecule has 2 unspecified atom stereocenters. The van der Waals surface area contributed by atoms with E-state index in [9.17, 15) is 5.11 Å². The molecule has 1 heterocycles. The lowest BCUT2D eigenvalue weighted by atomic mass is 10.1. The first-order chi connectivity index (χ1) is 13.8. The molecule has 2 fully saturated rings. The summed E-state index contributed by atoms with van der Waals surface area (Å²) in [5, 5.41) is 16.9. The van der Waals surface area contributed by atoms with Gasteiger partial charge in [-0.2, -0.15) is 0 Å². The van der Waals surface area contributed by atoms with Crippen LogP contribution < -0.4 is 10.6 Å². The number of hydrogen-bond donors (Lipinski definition) is 3. The topological polar surface area (TPSA) is 69.1 Å². The molecule has 2 atom stereocenters. The smallest absolute Gasteiger partial charge is 0.191 e. The van der Waals surface area contributed by atoms with E-state index in [1.54, 1.807) is 0 Å². The molecule has 1 aliphatic carbocycles. The van der Waals surface area contributed by atoms with Gasteiger partial charge in [0, 0.05) is 19.7 Å². The van der Waals surface area contributed by atoms with E-state index in [0.29, 0.717) is 19.2 Å². The van der Waals surface area contributed by atoms with Crippen molar-refractivity contribution in [2.75, 3.05) is 45.9 Å². The van der Waals surface area contributed by atoms with Crippen LogP contribution in [0.5, 0.6) is 0 Å². The van der Waals surface area contributed by atoms with Crippen molar-refractivity contribution < 1.29 is 9.84 Å². The van der Waals surface area contributed by atoms with Crippen molar-refractivity contribution in [3.63, 3.8) is 0 Å². The number of hydrogen-bond acceptors (Lipinski definition) is 4. The molecule has 2 aliphatic rings. The predicted octanol–water partition coefficient (Wildman–Crippen LogP) is 2.78. The number of nitrogens with zero attached hydrogens (tertiary/aromatic N) is 2. The lowest BCUT2D eigenvalue weighted by Crippen LogP contribution is -2.43. The van der Waals surface area contributed by atoms with Crippen LogP contribution in [0.3, 0.4) is 0 Å². The number of guanidine groups is 1. The number of ether oxygens (including phenoxy) is 1. The highest BCUT2D eigenvalue weighted by Gasteiger charge is 2.24. The second-order valence-electron chi connectivity index (χ2n) is 7.90. The van der Waals surface area contributed by atoms with Crippen LogP contribution in [0.2, 0.25) is 0 Å². The summed E-state index contributed by atoms with van der Waals surface area (Å²) < 4.78 is 5.57. The third-order valence-electron chi connectivity index (χ3n) is 5.39. The van der Waals surface area contributed by atoms with E-state index in [-0.39, 0.29) is 24.0 Å². The number of benzene rings is 1. The number of aliphatic imine (C=N–C) groups is 1. The summed E-state index contributed by atoms with van der Waals surface area (Å²) in [6, 6.07) is 11.0. The minimum Gasteiger partial charge on any atom is -0.389 e. The van der Waals surface area contributed by atoms with Gasteiger partial charge in [-0.25, -0.2) is 0 Å². The minimum absolute atomic E-state index is 0. The van der Waals surface area contributed by atoms with Crippen molar-refractivity contribution in [3.05, 3.63) is 35.9 Å². The van der Waals surface area contributed by atoms with E-state index in [1.807, 2.05) is 0 Å². The van der Waals surface area contributed by atoms with Crippen LogP contribution in [0.4, 0.5) is 0 Å². The summed E-state index contributed by atoms with van der Waals surface area (Å²) in [7, 11) is 0. The van der Waals surface area contributed by atoms with Crippen molar-refractivity contribution >= 4 is 29.9 Å². The van der Waals surface area contributed by atoms with Gasteiger partial charge in [0.15, 0.2) is 5.96 Å². The molecule has 0 spiro atoms. The molecule has 1 saturated carbocycles. The maximum absolute atomic E-state index is 10.1. The normalized spacial score (nSPS) is 19.4. The lowest BCUT2D eigenvalue weighted by Gasteiger charge is -2.29. The number of nitrogens with one attached hydrogen (secondary N) is 2. The Bertz CT molecular complexity index is 592. The Morgan fingerprint density at radius 3 is 2.59 bits per heavy atom. The van der Waals surface area contributed by atoms with E-state index in [1.165, 1.54) is 31.2 Å². The van der Waals surface area contributed by atoms with Crippen LogP contribution >= 0.6 is 24.0 Å².